The van der Waals surface area contributed by atoms with Crippen LogP contribution in [0.4, 0.5) is 18.9 Å². The van der Waals surface area contributed by atoms with E-state index in [9.17, 15) is 13.2 Å². The lowest BCUT2D eigenvalue weighted by Crippen LogP contribution is -2.10. The molecule has 0 aliphatic heterocycles. The molecule has 1 aromatic carbocycles. The quantitative estimate of drug-likeness (QED) is 0.657. The summed E-state index contributed by atoms with van der Waals surface area (Å²) in [5.41, 5.74) is 5.82. The van der Waals surface area contributed by atoms with E-state index < -0.39 is 12.6 Å². The summed E-state index contributed by atoms with van der Waals surface area (Å²) in [7, 11) is 0. The van der Waals surface area contributed by atoms with Crippen LogP contribution in [-0.2, 0) is 0 Å². The van der Waals surface area contributed by atoms with Gasteiger partial charge in [0.1, 0.15) is 5.75 Å². The van der Waals surface area contributed by atoms with Crippen LogP contribution in [0.5, 0.6) is 5.75 Å². The fourth-order valence-electron chi connectivity index (χ4n) is 1.10. The highest BCUT2D eigenvalue weighted by molar-refractivity contribution is 6.33. The standard InChI is InChI=1S/C10H11ClF3NO/c11-7-3-1-4-8(9(7)15)16-6-2-5-10(12,13)14/h1,3-4H,2,5-6,15H2. The zero-order valence-electron chi connectivity index (χ0n) is 8.35. The highest BCUT2D eigenvalue weighted by atomic mass is 35.5. The minimum Gasteiger partial charge on any atom is -0.491 e. The SMILES string of the molecule is Nc1c(Cl)cccc1OCCCC(F)(F)F. The highest BCUT2D eigenvalue weighted by Gasteiger charge is 2.26. The monoisotopic (exact) mass is 253 g/mol. The summed E-state index contributed by atoms with van der Waals surface area (Å²) < 4.78 is 40.6. The summed E-state index contributed by atoms with van der Waals surface area (Å²) in [6, 6.07) is 4.77. The van der Waals surface area contributed by atoms with Gasteiger partial charge in [0, 0.05) is 6.42 Å². The fourth-order valence-corrected chi connectivity index (χ4v) is 1.26. The van der Waals surface area contributed by atoms with Gasteiger partial charge < -0.3 is 10.5 Å². The summed E-state index contributed by atoms with van der Waals surface area (Å²) in [5.74, 6) is 0.315. The summed E-state index contributed by atoms with van der Waals surface area (Å²) in [6.07, 6.45) is -5.12. The van der Waals surface area contributed by atoms with E-state index in [2.05, 4.69) is 0 Å². The second kappa shape index (κ2) is 5.30. The van der Waals surface area contributed by atoms with Crippen molar-refractivity contribution < 1.29 is 17.9 Å². The van der Waals surface area contributed by atoms with Gasteiger partial charge in [-0.3, -0.25) is 0 Å². The van der Waals surface area contributed by atoms with E-state index in [1.54, 1.807) is 18.2 Å². The Hall–Kier alpha value is -1.10. The number of halogens is 4. The maximum Gasteiger partial charge on any atom is 0.389 e. The van der Waals surface area contributed by atoms with Crippen LogP contribution in [0.2, 0.25) is 5.02 Å². The summed E-state index contributed by atoms with van der Waals surface area (Å²) in [5, 5.41) is 0.327. The van der Waals surface area contributed by atoms with Crippen LogP contribution in [0.15, 0.2) is 18.2 Å². The highest BCUT2D eigenvalue weighted by Crippen LogP contribution is 2.29. The number of nitrogens with two attached hydrogens (primary N) is 1. The third-order valence-electron chi connectivity index (χ3n) is 1.88. The number of anilines is 1. The molecule has 0 radical (unpaired) electrons. The number of hydrogen-bond acceptors (Lipinski definition) is 2. The van der Waals surface area contributed by atoms with E-state index >= 15 is 0 Å². The molecule has 1 aromatic rings. The topological polar surface area (TPSA) is 35.2 Å². The summed E-state index contributed by atoms with van der Waals surface area (Å²) >= 11 is 5.71. The van der Waals surface area contributed by atoms with E-state index in [1.807, 2.05) is 0 Å². The molecule has 0 amide bonds. The first-order valence-electron chi connectivity index (χ1n) is 4.63. The maximum atomic E-state index is 11.8. The molecule has 0 bridgehead atoms. The zero-order chi connectivity index (χ0) is 12.2. The molecule has 0 saturated carbocycles. The molecule has 2 nitrogen and oxygen atoms in total. The Bertz CT molecular complexity index is 354. The van der Waals surface area contributed by atoms with Gasteiger partial charge in [0.25, 0.3) is 0 Å². The first kappa shape index (κ1) is 13.0. The first-order valence-corrected chi connectivity index (χ1v) is 5.01. The van der Waals surface area contributed by atoms with Gasteiger partial charge in [0.05, 0.1) is 17.3 Å². The predicted octanol–water partition coefficient (Wildman–Crippen LogP) is 3.64. The second-order valence-electron chi connectivity index (χ2n) is 3.22. The fraction of sp³-hybridized carbons (Fsp3) is 0.400. The molecule has 0 saturated heterocycles. The molecular formula is C10H11ClF3NO. The number of hydrogen-bond donors (Lipinski definition) is 1. The van der Waals surface area contributed by atoms with Crippen LogP contribution < -0.4 is 10.5 Å². The minimum absolute atomic E-state index is 0.0376. The molecule has 90 valence electrons. The largest absolute Gasteiger partial charge is 0.491 e. The van der Waals surface area contributed by atoms with Crippen molar-refractivity contribution in [3.8, 4) is 5.75 Å². The lowest BCUT2D eigenvalue weighted by atomic mass is 10.3. The Kier molecular flexibility index (Phi) is 4.29. The number of alkyl halides is 3. The number of rotatable bonds is 4. The average Bonchev–Trinajstić information content (AvgIpc) is 2.17. The maximum absolute atomic E-state index is 11.8. The lowest BCUT2D eigenvalue weighted by Gasteiger charge is -2.10. The lowest BCUT2D eigenvalue weighted by molar-refractivity contribution is -0.136. The minimum atomic E-state index is -4.15. The average molecular weight is 254 g/mol. The number of para-hydroxylation sites is 1. The normalized spacial score (nSPS) is 11.5. The molecule has 0 heterocycles. The molecule has 0 aliphatic rings. The molecule has 0 spiro atoms. The van der Waals surface area contributed by atoms with Crippen LogP contribution in [0.25, 0.3) is 0 Å². The first-order chi connectivity index (χ1) is 7.40. The summed E-state index contributed by atoms with van der Waals surface area (Å²) in [6.45, 7) is -0.0376. The van der Waals surface area contributed by atoms with Gasteiger partial charge in [-0.2, -0.15) is 13.2 Å². The van der Waals surface area contributed by atoms with Gasteiger partial charge >= 0.3 is 6.18 Å². The van der Waals surface area contributed by atoms with Crippen LogP contribution in [0, 0.1) is 0 Å². The Balaban J connectivity index is 2.41. The molecular weight excluding hydrogens is 243 g/mol. The van der Waals surface area contributed by atoms with Crippen molar-refractivity contribution in [3.05, 3.63) is 23.2 Å². The molecule has 6 heteroatoms. The Morgan fingerprint density at radius 3 is 2.62 bits per heavy atom. The third-order valence-corrected chi connectivity index (χ3v) is 2.20. The molecule has 0 fully saturated rings. The van der Waals surface area contributed by atoms with Crippen molar-refractivity contribution in [2.45, 2.75) is 19.0 Å². The Morgan fingerprint density at radius 2 is 2.00 bits per heavy atom. The molecule has 2 N–H and O–H groups in total. The number of benzene rings is 1. The molecule has 0 aromatic heterocycles. The van der Waals surface area contributed by atoms with Crippen molar-refractivity contribution in [3.63, 3.8) is 0 Å². The second-order valence-corrected chi connectivity index (χ2v) is 3.63. The molecule has 0 atom stereocenters. The van der Waals surface area contributed by atoms with Gasteiger partial charge in [-0.05, 0) is 18.6 Å². The van der Waals surface area contributed by atoms with Gasteiger partial charge in [0.2, 0.25) is 0 Å². The van der Waals surface area contributed by atoms with E-state index in [0.717, 1.165) is 0 Å². The van der Waals surface area contributed by atoms with Crippen LogP contribution in [0.3, 0.4) is 0 Å². The van der Waals surface area contributed by atoms with Gasteiger partial charge in [-0.1, -0.05) is 17.7 Å². The number of nitrogen functional groups attached to an aromatic ring is 1. The van der Waals surface area contributed by atoms with Crippen LogP contribution >= 0.6 is 11.6 Å². The van der Waals surface area contributed by atoms with Crippen molar-refractivity contribution in [2.24, 2.45) is 0 Å². The number of ether oxygens (including phenoxy) is 1. The predicted molar refractivity (Wildman–Crippen MR) is 56.6 cm³/mol. The Morgan fingerprint density at radius 1 is 1.31 bits per heavy atom. The third kappa shape index (κ3) is 4.18. The smallest absolute Gasteiger partial charge is 0.389 e. The zero-order valence-corrected chi connectivity index (χ0v) is 9.11. The van der Waals surface area contributed by atoms with Crippen LogP contribution in [0.1, 0.15) is 12.8 Å². The molecule has 0 aliphatic carbocycles. The van der Waals surface area contributed by atoms with Crippen LogP contribution in [-0.4, -0.2) is 12.8 Å². The van der Waals surface area contributed by atoms with Crippen molar-refractivity contribution in [2.75, 3.05) is 12.3 Å². The van der Waals surface area contributed by atoms with Crippen molar-refractivity contribution in [1.29, 1.82) is 0 Å². The van der Waals surface area contributed by atoms with E-state index in [0.29, 0.717) is 10.8 Å². The van der Waals surface area contributed by atoms with Crippen molar-refractivity contribution in [1.82, 2.24) is 0 Å². The summed E-state index contributed by atoms with van der Waals surface area (Å²) in [4.78, 5) is 0. The van der Waals surface area contributed by atoms with E-state index in [1.165, 1.54) is 0 Å². The van der Waals surface area contributed by atoms with Gasteiger partial charge in [0.15, 0.2) is 0 Å². The Labute approximate surface area is 96.1 Å². The van der Waals surface area contributed by atoms with Gasteiger partial charge in [-0.15, -0.1) is 0 Å². The van der Waals surface area contributed by atoms with E-state index in [-0.39, 0.29) is 18.7 Å². The molecule has 0 unspecified atom stereocenters. The molecule has 16 heavy (non-hydrogen) atoms. The van der Waals surface area contributed by atoms with E-state index in [4.69, 9.17) is 22.1 Å². The van der Waals surface area contributed by atoms with Crippen molar-refractivity contribution >= 4 is 17.3 Å². The van der Waals surface area contributed by atoms with Gasteiger partial charge in [-0.25, -0.2) is 0 Å². The molecule has 1 rings (SSSR count).